The van der Waals surface area contributed by atoms with Crippen LogP contribution in [0.3, 0.4) is 0 Å². The van der Waals surface area contributed by atoms with Gasteiger partial charge >= 0.3 is 0 Å². The molecule has 2 aromatic heterocycles. The van der Waals surface area contributed by atoms with Gasteiger partial charge in [0.15, 0.2) is 16.1 Å². The standard InChI is InChI=1S/C21H14BrFN4O2S/c22-17-10-9-16(28-17)19-24-15-8-4-2-6-13(15)18-20(29-19)25-21(27-26-18)30-11-12-5-1-3-7-14(12)23/h1-10,19,24H,11H2. The van der Waals surface area contributed by atoms with Crippen molar-refractivity contribution < 1.29 is 13.5 Å². The summed E-state index contributed by atoms with van der Waals surface area (Å²) in [7, 11) is 0. The molecule has 6 nitrogen and oxygen atoms in total. The van der Waals surface area contributed by atoms with Crippen LogP contribution in [0, 0.1) is 5.82 Å². The number of aromatic nitrogens is 3. The summed E-state index contributed by atoms with van der Waals surface area (Å²) in [6.07, 6.45) is -0.597. The summed E-state index contributed by atoms with van der Waals surface area (Å²) in [6, 6.07) is 17.9. The summed E-state index contributed by atoms with van der Waals surface area (Å²) in [5.41, 5.74) is 2.76. The normalized spacial score (nSPS) is 14.8. The largest absolute Gasteiger partial charge is 0.448 e. The van der Waals surface area contributed by atoms with Crippen LogP contribution in [0.25, 0.3) is 11.3 Å². The third-order valence-electron chi connectivity index (χ3n) is 4.50. The third kappa shape index (κ3) is 3.78. The van der Waals surface area contributed by atoms with Crippen molar-refractivity contribution in [3.8, 4) is 17.1 Å². The molecule has 150 valence electrons. The number of halogens is 2. The Labute approximate surface area is 184 Å². The van der Waals surface area contributed by atoms with Gasteiger partial charge in [-0.25, -0.2) is 4.39 Å². The second-order valence-corrected chi connectivity index (χ2v) is 8.18. The second kappa shape index (κ2) is 8.08. The number of furan rings is 1. The van der Waals surface area contributed by atoms with Crippen LogP contribution in [0.15, 0.2) is 74.9 Å². The van der Waals surface area contributed by atoms with Crippen molar-refractivity contribution in [2.24, 2.45) is 0 Å². The molecule has 0 bridgehead atoms. The fourth-order valence-corrected chi connectivity index (χ4v) is 4.15. The van der Waals surface area contributed by atoms with Crippen LogP contribution < -0.4 is 10.1 Å². The minimum Gasteiger partial charge on any atom is -0.448 e. The maximum absolute atomic E-state index is 13.9. The molecule has 9 heteroatoms. The van der Waals surface area contributed by atoms with E-state index in [1.165, 1.54) is 17.8 Å². The molecule has 0 fully saturated rings. The summed E-state index contributed by atoms with van der Waals surface area (Å²) >= 11 is 4.61. The van der Waals surface area contributed by atoms with Crippen LogP contribution in [0.5, 0.6) is 5.88 Å². The van der Waals surface area contributed by atoms with E-state index >= 15 is 0 Å². The zero-order valence-electron chi connectivity index (χ0n) is 15.4. The van der Waals surface area contributed by atoms with E-state index in [1.807, 2.05) is 30.3 Å². The van der Waals surface area contributed by atoms with Crippen molar-refractivity contribution in [3.63, 3.8) is 0 Å². The van der Waals surface area contributed by atoms with E-state index in [4.69, 9.17) is 9.15 Å². The number of hydrogen-bond donors (Lipinski definition) is 1. The monoisotopic (exact) mass is 484 g/mol. The third-order valence-corrected chi connectivity index (χ3v) is 5.81. The fourth-order valence-electron chi connectivity index (χ4n) is 3.06. The number of nitrogens with zero attached hydrogens (tertiary/aromatic N) is 3. The Balaban J connectivity index is 1.49. The molecule has 1 unspecified atom stereocenters. The van der Waals surface area contributed by atoms with Gasteiger partial charge in [-0.2, -0.15) is 4.98 Å². The highest BCUT2D eigenvalue weighted by atomic mass is 79.9. The first-order chi connectivity index (χ1) is 14.7. The van der Waals surface area contributed by atoms with Crippen LogP contribution in [-0.4, -0.2) is 15.2 Å². The quantitative estimate of drug-likeness (QED) is 0.365. The first-order valence-electron chi connectivity index (χ1n) is 9.06. The molecule has 1 atom stereocenters. The molecule has 1 aliphatic heterocycles. The Hall–Kier alpha value is -2.91. The van der Waals surface area contributed by atoms with Crippen molar-refractivity contribution in [2.45, 2.75) is 17.1 Å². The number of fused-ring (bicyclic) bond motifs is 3. The molecule has 0 spiro atoms. The molecule has 1 aliphatic rings. The molecule has 0 saturated heterocycles. The fraction of sp³-hybridized carbons (Fsp3) is 0.0952. The van der Waals surface area contributed by atoms with E-state index < -0.39 is 6.23 Å². The Bertz CT molecular complexity index is 1220. The summed E-state index contributed by atoms with van der Waals surface area (Å²) < 4.78 is 26.3. The molecule has 0 saturated carbocycles. The molecule has 0 radical (unpaired) electrons. The predicted molar refractivity (Wildman–Crippen MR) is 115 cm³/mol. The SMILES string of the molecule is Fc1ccccc1CSc1nnc2c(n1)OC(c1ccc(Br)o1)Nc1ccccc1-2. The molecule has 0 aliphatic carbocycles. The van der Waals surface area contributed by atoms with Gasteiger partial charge in [0.1, 0.15) is 5.82 Å². The number of ether oxygens (including phenoxy) is 1. The van der Waals surface area contributed by atoms with Crippen molar-refractivity contribution >= 4 is 33.4 Å². The Kier molecular flexibility index (Phi) is 5.14. The average molecular weight is 485 g/mol. The minimum atomic E-state index is -0.597. The van der Waals surface area contributed by atoms with E-state index in [9.17, 15) is 4.39 Å². The maximum atomic E-state index is 13.9. The summed E-state index contributed by atoms with van der Waals surface area (Å²) in [5, 5.41) is 12.3. The molecular weight excluding hydrogens is 471 g/mol. The van der Waals surface area contributed by atoms with Gasteiger partial charge in [-0.15, -0.1) is 10.2 Å². The minimum absolute atomic E-state index is 0.259. The van der Waals surface area contributed by atoms with Crippen molar-refractivity contribution in [1.82, 2.24) is 15.2 Å². The highest BCUT2D eigenvalue weighted by Crippen LogP contribution is 2.40. The highest BCUT2D eigenvalue weighted by Gasteiger charge is 2.27. The lowest BCUT2D eigenvalue weighted by Gasteiger charge is -2.16. The molecular formula is C21H14BrFN4O2S. The number of benzene rings is 2. The van der Waals surface area contributed by atoms with Gasteiger partial charge in [-0.05, 0) is 45.8 Å². The van der Waals surface area contributed by atoms with Crippen LogP contribution in [-0.2, 0) is 5.75 Å². The van der Waals surface area contributed by atoms with Gasteiger partial charge in [0.05, 0.1) is 0 Å². The first kappa shape index (κ1) is 19.1. The number of para-hydroxylation sites is 1. The number of hydrogen-bond acceptors (Lipinski definition) is 7. The summed E-state index contributed by atoms with van der Waals surface area (Å²) in [4.78, 5) is 4.55. The zero-order chi connectivity index (χ0) is 20.5. The Morgan fingerprint density at radius 1 is 1.03 bits per heavy atom. The number of anilines is 1. The van der Waals surface area contributed by atoms with Gasteiger partial charge in [-0.1, -0.05) is 48.2 Å². The summed E-state index contributed by atoms with van der Waals surface area (Å²) in [5.74, 6) is 1.04. The maximum Gasteiger partial charge on any atom is 0.247 e. The number of rotatable bonds is 4. The van der Waals surface area contributed by atoms with Crippen LogP contribution >= 0.6 is 27.7 Å². The number of nitrogens with one attached hydrogen (secondary N) is 1. The molecule has 30 heavy (non-hydrogen) atoms. The van der Waals surface area contributed by atoms with Crippen molar-refractivity contribution in [2.75, 3.05) is 5.32 Å². The lowest BCUT2D eigenvalue weighted by atomic mass is 10.1. The first-order valence-corrected chi connectivity index (χ1v) is 10.8. The topological polar surface area (TPSA) is 73.1 Å². The predicted octanol–water partition coefficient (Wildman–Crippen LogP) is 5.83. The van der Waals surface area contributed by atoms with Gasteiger partial charge < -0.3 is 14.5 Å². The average Bonchev–Trinajstić information content (AvgIpc) is 3.12. The van der Waals surface area contributed by atoms with Crippen LogP contribution in [0.1, 0.15) is 17.6 Å². The van der Waals surface area contributed by atoms with E-state index in [0.29, 0.717) is 38.5 Å². The molecule has 5 rings (SSSR count). The van der Waals surface area contributed by atoms with Gasteiger partial charge in [0.2, 0.25) is 17.3 Å². The Morgan fingerprint density at radius 3 is 2.70 bits per heavy atom. The molecule has 0 amide bonds. The lowest BCUT2D eigenvalue weighted by Crippen LogP contribution is -2.16. The highest BCUT2D eigenvalue weighted by molar-refractivity contribution is 9.10. The number of thioether (sulfide) groups is 1. The molecule has 3 heterocycles. The van der Waals surface area contributed by atoms with E-state index in [1.54, 1.807) is 24.3 Å². The molecule has 1 N–H and O–H groups in total. The van der Waals surface area contributed by atoms with Crippen molar-refractivity contribution in [3.05, 3.63) is 82.5 Å². The summed E-state index contributed by atoms with van der Waals surface area (Å²) in [6.45, 7) is 0. The molecule has 2 aromatic carbocycles. The molecule has 4 aromatic rings. The van der Waals surface area contributed by atoms with E-state index in [-0.39, 0.29) is 5.82 Å². The Morgan fingerprint density at radius 2 is 1.87 bits per heavy atom. The van der Waals surface area contributed by atoms with Crippen LogP contribution in [0.4, 0.5) is 10.1 Å². The second-order valence-electron chi connectivity index (χ2n) is 6.46. The van der Waals surface area contributed by atoms with Gasteiger partial charge in [-0.3, -0.25) is 0 Å². The zero-order valence-corrected chi connectivity index (χ0v) is 17.8. The van der Waals surface area contributed by atoms with Gasteiger partial charge in [0.25, 0.3) is 0 Å². The van der Waals surface area contributed by atoms with Crippen molar-refractivity contribution in [1.29, 1.82) is 0 Å². The lowest BCUT2D eigenvalue weighted by molar-refractivity contribution is 0.194. The van der Waals surface area contributed by atoms with E-state index in [0.717, 1.165) is 11.3 Å². The van der Waals surface area contributed by atoms with Gasteiger partial charge in [0, 0.05) is 17.0 Å². The van der Waals surface area contributed by atoms with E-state index in [2.05, 4.69) is 36.4 Å². The smallest absolute Gasteiger partial charge is 0.247 e. The van der Waals surface area contributed by atoms with Crippen LogP contribution in [0.2, 0.25) is 0 Å².